The molecule has 0 saturated heterocycles. The Morgan fingerprint density at radius 1 is 0.291 bits per heavy atom. The molecule has 2 nitrogen and oxygen atoms in total. The number of fused-ring (bicyclic) bond motifs is 7. The molecule has 0 N–H and O–H groups in total. The average Bonchev–Trinajstić information content (AvgIpc) is 3.24. The van der Waals surface area contributed by atoms with Crippen LogP contribution in [0.15, 0.2) is 200 Å². The number of para-hydroxylation sites is 2. The van der Waals surface area contributed by atoms with Gasteiger partial charge in [-0.1, -0.05) is 147 Å². The predicted molar refractivity (Wildman–Crippen MR) is 237 cm³/mol. The summed E-state index contributed by atoms with van der Waals surface area (Å²) in [5, 5.41) is 12.3. The molecule has 0 amide bonds. The molecule has 262 valence electrons. The van der Waals surface area contributed by atoms with E-state index in [0.29, 0.717) is 5.92 Å². The third kappa shape index (κ3) is 5.75. The predicted octanol–water partition coefficient (Wildman–Crippen LogP) is 15.5. The molecule has 0 aliphatic carbocycles. The molecular formula is C53H40N2. The second-order valence-electron chi connectivity index (χ2n) is 14.8. The minimum Gasteiger partial charge on any atom is -0.310 e. The molecule has 10 aromatic rings. The first-order chi connectivity index (χ1) is 27.1. The van der Waals surface area contributed by atoms with Crippen LogP contribution < -0.4 is 9.80 Å². The van der Waals surface area contributed by atoms with E-state index in [4.69, 9.17) is 0 Å². The van der Waals surface area contributed by atoms with E-state index < -0.39 is 0 Å². The standard InChI is InChI=1S/C53H40N2/c1-36(2)39-27-30-47-50-34-52(54(42-19-5-3-6-20-42)44-28-25-37-15-9-11-17-40(37)31-44)48-24-14-13-23-46(48)49(50)35-53(51(47)33-39)55(43-21-7-4-8-22-43)45-29-26-38-16-10-12-18-41(38)32-45/h3-36H,1-2H3. The Bertz CT molecular complexity index is 3020. The monoisotopic (exact) mass is 704 g/mol. The fourth-order valence-corrected chi connectivity index (χ4v) is 8.35. The minimum atomic E-state index is 0.382. The van der Waals surface area contributed by atoms with Gasteiger partial charge in [-0.25, -0.2) is 0 Å². The van der Waals surface area contributed by atoms with Crippen LogP contribution in [-0.4, -0.2) is 0 Å². The summed E-state index contributed by atoms with van der Waals surface area (Å²) in [5.74, 6) is 0.382. The molecule has 0 aliphatic rings. The molecule has 0 heterocycles. The SMILES string of the molecule is CC(C)c1ccc2c(c1)c(N(c1ccccc1)c1ccc3ccccc3c1)cc1c3ccccc3c(N(c3ccccc3)c3ccc4ccccc4c3)cc21. The van der Waals surface area contributed by atoms with E-state index in [2.05, 4.69) is 224 Å². The fourth-order valence-electron chi connectivity index (χ4n) is 8.35. The molecule has 0 aromatic heterocycles. The van der Waals surface area contributed by atoms with Crippen LogP contribution >= 0.6 is 0 Å². The zero-order valence-corrected chi connectivity index (χ0v) is 31.0. The van der Waals surface area contributed by atoms with E-state index in [-0.39, 0.29) is 0 Å². The van der Waals surface area contributed by atoms with Crippen LogP contribution in [0.3, 0.4) is 0 Å². The van der Waals surface area contributed by atoms with Gasteiger partial charge in [-0.2, -0.15) is 0 Å². The number of hydrogen-bond acceptors (Lipinski definition) is 2. The smallest absolute Gasteiger partial charge is 0.0546 e. The molecule has 55 heavy (non-hydrogen) atoms. The zero-order valence-electron chi connectivity index (χ0n) is 31.0. The molecule has 10 aromatic carbocycles. The van der Waals surface area contributed by atoms with Gasteiger partial charge >= 0.3 is 0 Å². The number of anilines is 6. The first-order valence-electron chi connectivity index (χ1n) is 19.2. The minimum absolute atomic E-state index is 0.382. The van der Waals surface area contributed by atoms with E-state index in [1.165, 1.54) is 65.1 Å². The third-order valence-electron chi connectivity index (χ3n) is 11.1. The molecule has 0 aliphatic heterocycles. The number of hydrogen-bond donors (Lipinski definition) is 0. The lowest BCUT2D eigenvalue weighted by Crippen LogP contribution is -2.12. The normalized spacial score (nSPS) is 11.6. The van der Waals surface area contributed by atoms with Crippen LogP contribution in [0, 0.1) is 0 Å². The molecule has 0 bridgehead atoms. The van der Waals surface area contributed by atoms with Crippen molar-refractivity contribution in [1.29, 1.82) is 0 Å². The zero-order chi connectivity index (χ0) is 36.9. The number of rotatable bonds is 7. The Hall–Kier alpha value is -6.90. The lowest BCUT2D eigenvalue weighted by Gasteiger charge is -2.30. The number of benzene rings is 10. The Balaban J connectivity index is 1.30. The summed E-state index contributed by atoms with van der Waals surface area (Å²) >= 11 is 0. The van der Waals surface area contributed by atoms with Crippen molar-refractivity contribution < 1.29 is 0 Å². The molecule has 0 atom stereocenters. The summed E-state index contributed by atoms with van der Waals surface area (Å²) < 4.78 is 0. The van der Waals surface area contributed by atoms with Crippen molar-refractivity contribution >= 4 is 88.0 Å². The Morgan fingerprint density at radius 3 is 1.25 bits per heavy atom. The van der Waals surface area contributed by atoms with E-state index in [1.54, 1.807) is 0 Å². The van der Waals surface area contributed by atoms with E-state index >= 15 is 0 Å². The van der Waals surface area contributed by atoms with Crippen LogP contribution in [0.25, 0.3) is 53.9 Å². The summed E-state index contributed by atoms with van der Waals surface area (Å²) in [6, 6.07) is 73.4. The highest BCUT2D eigenvalue weighted by molar-refractivity contribution is 6.24. The van der Waals surface area contributed by atoms with Crippen molar-refractivity contribution in [2.24, 2.45) is 0 Å². The maximum absolute atomic E-state index is 2.45. The van der Waals surface area contributed by atoms with Gasteiger partial charge in [0.2, 0.25) is 0 Å². The maximum atomic E-state index is 2.45. The van der Waals surface area contributed by atoms with Crippen LogP contribution in [0.4, 0.5) is 34.1 Å². The summed E-state index contributed by atoms with van der Waals surface area (Å²) in [6.07, 6.45) is 0. The lowest BCUT2D eigenvalue weighted by atomic mass is 9.91. The van der Waals surface area contributed by atoms with Crippen molar-refractivity contribution in [2.75, 3.05) is 9.80 Å². The van der Waals surface area contributed by atoms with E-state index in [0.717, 1.165) is 28.4 Å². The highest BCUT2D eigenvalue weighted by atomic mass is 15.1. The van der Waals surface area contributed by atoms with Crippen molar-refractivity contribution in [3.63, 3.8) is 0 Å². The summed E-state index contributed by atoms with van der Waals surface area (Å²) in [7, 11) is 0. The first-order valence-corrected chi connectivity index (χ1v) is 19.2. The quantitative estimate of drug-likeness (QED) is 0.152. The average molecular weight is 705 g/mol. The molecule has 0 spiro atoms. The van der Waals surface area contributed by atoms with Crippen LogP contribution in [0.1, 0.15) is 25.3 Å². The second kappa shape index (κ2) is 13.5. The van der Waals surface area contributed by atoms with Gasteiger partial charge in [-0.05, 0) is 121 Å². The van der Waals surface area contributed by atoms with Crippen molar-refractivity contribution in [1.82, 2.24) is 0 Å². The third-order valence-corrected chi connectivity index (χ3v) is 11.1. The Morgan fingerprint density at radius 2 is 0.727 bits per heavy atom. The van der Waals surface area contributed by atoms with Gasteiger partial charge in [-0.15, -0.1) is 0 Å². The summed E-state index contributed by atoms with van der Waals surface area (Å²) in [5.41, 5.74) is 8.15. The van der Waals surface area contributed by atoms with Gasteiger partial charge in [0, 0.05) is 33.5 Å². The fraction of sp³-hybridized carbons (Fsp3) is 0.0566. The highest BCUT2D eigenvalue weighted by Crippen LogP contribution is 2.48. The van der Waals surface area contributed by atoms with Gasteiger partial charge in [0.25, 0.3) is 0 Å². The Labute approximate surface area is 322 Å². The molecular weight excluding hydrogens is 665 g/mol. The lowest BCUT2D eigenvalue weighted by molar-refractivity contribution is 0.869. The van der Waals surface area contributed by atoms with E-state index in [1.807, 2.05) is 0 Å². The highest BCUT2D eigenvalue weighted by Gasteiger charge is 2.23. The molecule has 2 heteroatoms. The van der Waals surface area contributed by atoms with Crippen molar-refractivity contribution in [3.8, 4) is 0 Å². The van der Waals surface area contributed by atoms with Crippen LogP contribution in [0.2, 0.25) is 0 Å². The van der Waals surface area contributed by atoms with Crippen LogP contribution in [-0.2, 0) is 0 Å². The van der Waals surface area contributed by atoms with Crippen LogP contribution in [0.5, 0.6) is 0 Å². The van der Waals surface area contributed by atoms with Gasteiger partial charge in [-0.3, -0.25) is 0 Å². The molecule has 0 fully saturated rings. The number of nitrogens with zero attached hydrogens (tertiary/aromatic N) is 2. The van der Waals surface area contributed by atoms with Crippen molar-refractivity contribution in [2.45, 2.75) is 19.8 Å². The van der Waals surface area contributed by atoms with Crippen molar-refractivity contribution in [3.05, 3.63) is 206 Å². The summed E-state index contributed by atoms with van der Waals surface area (Å²) in [6.45, 7) is 4.57. The molecule has 0 radical (unpaired) electrons. The molecule has 0 unspecified atom stereocenters. The summed E-state index contributed by atoms with van der Waals surface area (Å²) in [4.78, 5) is 4.88. The maximum Gasteiger partial charge on any atom is 0.0546 e. The molecule has 0 saturated carbocycles. The Kier molecular flexibility index (Phi) is 8.03. The topological polar surface area (TPSA) is 6.48 Å². The first kappa shape index (κ1) is 32.7. The molecule has 10 rings (SSSR count). The largest absolute Gasteiger partial charge is 0.310 e. The van der Waals surface area contributed by atoms with Gasteiger partial charge in [0.15, 0.2) is 0 Å². The second-order valence-corrected chi connectivity index (χ2v) is 14.8. The van der Waals surface area contributed by atoms with Gasteiger partial charge in [0.1, 0.15) is 0 Å². The van der Waals surface area contributed by atoms with E-state index in [9.17, 15) is 0 Å². The van der Waals surface area contributed by atoms with Gasteiger partial charge < -0.3 is 9.80 Å². The van der Waals surface area contributed by atoms with Gasteiger partial charge in [0.05, 0.1) is 11.4 Å².